The highest BCUT2D eigenvalue weighted by Crippen LogP contribution is 2.18. The van der Waals surface area contributed by atoms with Crippen LogP contribution in [0.2, 0.25) is 0 Å². The molecule has 2 aromatic carbocycles. The first kappa shape index (κ1) is 23.6. The maximum atomic E-state index is 13.8. The molecule has 0 aliphatic rings. The van der Waals surface area contributed by atoms with Crippen LogP contribution in [0.5, 0.6) is 5.75 Å². The van der Waals surface area contributed by atoms with Gasteiger partial charge in [0.25, 0.3) is 0 Å². The summed E-state index contributed by atoms with van der Waals surface area (Å²) in [5, 5.41) is 6.13. The van der Waals surface area contributed by atoms with Gasteiger partial charge in [0.2, 0.25) is 0 Å². The smallest absolute Gasteiger partial charge is 0.191 e. The molecule has 2 N–H and O–H groups in total. The van der Waals surface area contributed by atoms with E-state index in [-0.39, 0.29) is 24.2 Å². The molecule has 2 aromatic rings. The number of nitrogens with zero attached hydrogens (tertiary/aromatic N) is 1. The Labute approximate surface area is 176 Å². The number of nitrogens with one attached hydrogen (secondary N) is 2. The zero-order chi connectivity index (χ0) is 22.1. The summed E-state index contributed by atoms with van der Waals surface area (Å²) in [5.74, 6) is -0.441. The molecule has 9 heteroatoms. The summed E-state index contributed by atoms with van der Waals surface area (Å²) < 4.78 is 56.4. The second-order valence-electron chi connectivity index (χ2n) is 6.87. The third kappa shape index (κ3) is 7.62. The van der Waals surface area contributed by atoms with Gasteiger partial charge in [-0.15, -0.1) is 0 Å². The fourth-order valence-corrected chi connectivity index (χ4v) is 3.63. The van der Waals surface area contributed by atoms with Crippen molar-refractivity contribution >= 4 is 15.8 Å². The van der Waals surface area contributed by atoms with Crippen LogP contribution in [-0.2, 0) is 22.1 Å². The standard InChI is InChI=1S/C21H27F2N3O3S/c1-4-18(29-20-8-6-5-7-19(20)23)13-26-21(24-2)25-12-16-11-17(22)10-9-15(16)14-30(3,27)28/h5-11,18H,4,12-14H2,1-3H3,(H2,24,25,26). The lowest BCUT2D eigenvalue weighted by molar-refractivity contribution is 0.191. The van der Waals surface area contributed by atoms with E-state index in [2.05, 4.69) is 15.6 Å². The van der Waals surface area contributed by atoms with E-state index in [1.165, 1.54) is 24.3 Å². The van der Waals surface area contributed by atoms with Gasteiger partial charge < -0.3 is 15.4 Å². The number of guanidine groups is 1. The van der Waals surface area contributed by atoms with E-state index < -0.39 is 21.5 Å². The number of rotatable bonds is 9. The van der Waals surface area contributed by atoms with Gasteiger partial charge in [0.05, 0.1) is 12.3 Å². The Hall–Kier alpha value is -2.68. The minimum Gasteiger partial charge on any atom is -0.486 e. The molecule has 0 heterocycles. The lowest BCUT2D eigenvalue weighted by atomic mass is 10.1. The predicted molar refractivity (Wildman–Crippen MR) is 114 cm³/mol. The number of hydrogen-bond acceptors (Lipinski definition) is 4. The second kappa shape index (κ2) is 10.9. The van der Waals surface area contributed by atoms with Crippen LogP contribution in [0.4, 0.5) is 8.78 Å². The van der Waals surface area contributed by atoms with Gasteiger partial charge in [-0.2, -0.15) is 0 Å². The summed E-state index contributed by atoms with van der Waals surface area (Å²) in [6, 6.07) is 10.2. The monoisotopic (exact) mass is 439 g/mol. The first-order valence-corrected chi connectivity index (χ1v) is 11.6. The SMILES string of the molecule is CCC(CNC(=NC)NCc1cc(F)ccc1CS(C)(=O)=O)Oc1ccccc1F. The van der Waals surface area contributed by atoms with E-state index in [1.807, 2.05) is 6.92 Å². The van der Waals surface area contributed by atoms with E-state index in [0.29, 0.717) is 30.1 Å². The quantitative estimate of drug-likeness (QED) is 0.464. The summed E-state index contributed by atoms with van der Waals surface area (Å²) in [4.78, 5) is 4.11. The maximum Gasteiger partial charge on any atom is 0.191 e. The molecule has 164 valence electrons. The van der Waals surface area contributed by atoms with Gasteiger partial charge in [0.15, 0.2) is 27.4 Å². The van der Waals surface area contributed by atoms with Crippen molar-refractivity contribution in [1.29, 1.82) is 0 Å². The summed E-state index contributed by atoms with van der Waals surface area (Å²) in [7, 11) is -1.68. The number of sulfone groups is 1. The van der Waals surface area contributed by atoms with Crippen LogP contribution < -0.4 is 15.4 Å². The van der Waals surface area contributed by atoms with Gasteiger partial charge in [-0.3, -0.25) is 4.99 Å². The number of halogens is 2. The molecule has 0 amide bonds. The van der Waals surface area contributed by atoms with Crippen LogP contribution in [0.1, 0.15) is 24.5 Å². The molecule has 0 fully saturated rings. The lowest BCUT2D eigenvalue weighted by Crippen LogP contribution is -2.42. The minimum absolute atomic E-state index is 0.176. The molecule has 1 unspecified atom stereocenters. The van der Waals surface area contributed by atoms with Crippen molar-refractivity contribution in [2.45, 2.75) is 31.7 Å². The summed E-state index contributed by atoms with van der Waals surface area (Å²) in [6.07, 6.45) is 1.48. The fourth-order valence-electron chi connectivity index (χ4n) is 2.78. The molecule has 0 spiro atoms. The van der Waals surface area contributed by atoms with Crippen molar-refractivity contribution in [2.24, 2.45) is 4.99 Å². The number of hydrogen-bond donors (Lipinski definition) is 2. The Bertz CT molecular complexity index is 981. The molecule has 30 heavy (non-hydrogen) atoms. The Balaban J connectivity index is 1.98. The van der Waals surface area contributed by atoms with Gasteiger partial charge in [0, 0.05) is 19.8 Å². The molecule has 0 saturated heterocycles. The number of aliphatic imine (C=N–C) groups is 1. The van der Waals surface area contributed by atoms with Crippen molar-refractivity contribution < 1.29 is 21.9 Å². The molecule has 2 rings (SSSR count). The normalized spacial score (nSPS) is 13.0. The van der Waals surface area contributed by atoms with Gasteiger partial charge >= 0.3 is 0 Å². The Morgan fingerprint density at radius 2 is 1.87 bits per heavy atom. The van der Waals surface area contributed by atoms with Crippen molar-refractivity contribution in [3.63, 3.8) is 0 Å². The first-order chi connectivity index (χ1) is 14.2. The number of para-hydroxylation sites is 1. The third-order valence-corrected chi connectivity index (χ3v) is 5.17. The van der Waals surface area contributed by atoms with Crippen LogP contribution in [0.15, 0.2) is 47.5 Å². The zero-order valence-electron chi connectivity index (χ0n) is 17.3. The van der Waals surface area contributed by atoms with Gasteiger partial charge in [0.1, 0.15) is 11.9 Å². The van der Waals surface area contributed by atoms with Crippen molar-refractivity contribution in [2.75, 3.05) is 19.8 Å². The molecular formula is C21H27F2N3O3S. The van der Waals surface area contributed by atoms with Crippen LogP contribution >= 0.6 is 0 Å². The molecule has 0 aliphatic carbocycles. The largest absolute Gasteiger partial charge is 0.486 e. The maximum absolute atomic E-state index is 13.8. The topological polar surface area (TPSA) is 79.8 Å². The molecule has 6 nitrogen and oxygen atoms in total. The molecule has 0 radical (unpaired) electrons. The van der Waals surface area contributed by atoms with Gasteiger partial charge in [-0.05, 0) is 41.8 Å². The van der Waals surface area contributed by atoms with E-state index in [4.69, 9.17) is 4.74 Å². The van der Waals surface area contributed by atoms with E-state index in [1.54, 1.807) is 25.2 Å². The summed E-state index contributed by atoms with van der Waals surface area (Å²) in [6.45, 7) is 2.48. The fraction of sp³-hybridized carbons (Fsp3) is 0.381. The molecule has 0 aromatic heterocycles. The Kier molecular flexibility index (Phi) is 8.58. The van der Waals surface area contributed by atoms with E-state index in [9.17, 15) is 17.2 Å². The van der Waals surface area contributed by atoms with Crippen molar-refractivity contribution in [1.82, 2.24) is 10.6 Å². The molecule has 0 bridgehead atoms. The van der Waals surface area contributed by atoms with Gasteiger partial charge in [-0.25, -0.2) is 17.2 Å². The van der Waals surface area contributed by atoms with Crippen molar-refractivity contribution in [3.05, 3.63) is 65.2 Å². The van der Waals surface area contributed by atoms with Crippen LogP contribution in [0.3, 0.4) is 0 Å². The molecule has 0 aliphatic heterocycles. The van der Waals surface area contributed by atoms with Crippen LogP contribution in [0, 0.1) is 11.6 Å². The summed E-state index contributed by atoms with van der Waals surface area (Å²) in [5.41, 5.74) is 1.05. The van der Waals surface area contributed by atoms with Crippen LogP contribution in [-0.4, -0.2) is 40.3 Å². The van der Waals surface area contributed by atoms with E-state index >= 15 is 0 Å². The Morgan fingerprint density at radius 1 is 1.13 bits per heavy atom. The highest BCUT2D eigenvalue weighted by Gasteiger charge is 2.14. The number of benzene rings is 2. The zero-order valence-corrected chi connectivity index (χ0v) is 18.1. The second-order valence-corrected chi connectivity index (χ2v) is 9.01. The highest BCUT2D eigenvalue weighted by molar-refractivity contribution is 7.89. The molecule has 0 saturated carbocycles. The first-order valence-electron chi connectivity index (χ1n) is 9.52. The highest BCUT2D eigenvalue weighted by atomic mass is 32.2. The lowest BCUT2D eigenvalue weighted by Gasteiger charge is -2.20. The minimum atomic E-state index is -3.26. The Morgan fingerprint density at radius 3 is 2.50 bits per heavy atom. The predicted octanol–water partition coefficient (Wildman–Crippen LogP) is 3.03. The average Bonchev–Trinajstić information content (AvgIpc) is 2.69. The molecule has 1 atom stereocenters. The summed E-state index contributed by atoms with van der Waals surface area (Å²) >= 11 is 0. The molecular weight excluding hydrogens is 412 g/mol. The van der Waals surface area contributed by atoms with E-state index in [0.717, 1.165) is 6.26 Å². The van der Waals surface area contributed by atoms with Gasteiger partial charge in [-0.1, -0.05) is 25.1 Å². The van der Waals surface area contributed by atoms with Crippen LogP contribution in [0.25, 0.3) is 0 Å². The third-order valence-electron chi connectivity index (χ3n) is 4.34. The van der Waals surface area contributed by atoms with Crippen molar-refractivity contribution in [3.8, 4) is 5.75 Å². The number of ether oxygens (including phenoxy) is 1. The average molecular weight is 440 g/mol.